The molecule has 2 aromatic heterocycles. The van der Waals surface area contributed by atoms with Gasteiger partial charge in [0.15, 0.2) is 5.13 Å². The first-order valence-corrected chi connectivity index (χ1v) is 9.46. The van der Waals surface area contributed by atoms with E-state index in [1.54, 1.807) is 6.20 Å². The van der Waals surface area contributed by atoms with Crippen molar-refractivity contribution >= 4 is 22.4 Å². The van der Waals surface area contributed by atoms with Crippen molar-refractivity contribution in [2.75, 3.05) is 18.4 Å². The number of amides is 1. The molecule has 0 aromatic carbocycles. The minimum absolute atomic E-state index is 0.140. The third-order valence-corrected chi connectivity index (χ3v) is 5.03. The molecule has 1 fully saturated rings. The normalized spacial score (nSPS) is 15.7. The van der Waals surface area contributed by atoms with Gasteiger partial charge in [-0.2, -0.15) is 13.2 Å². The van der Waals surface area contributed by atoms with Crippen molar-refractivity contribution in [3.05, 3.63) is 34.9 Å². The molecule has 10 heteroatoms. The second-order valence-corrected chi connectivity index (χ2v) is 7.54. The average molecular weight is 409 g/mol. The van der Waals surface area contributed by atoms with Crippen LogP contribution in [-0.4, -0.2) is 38.8 Å². The van der Waals surface area contributed by atoms with Crippen LogP contribution in [0.3, 0.4) is 0 Å². The molecular weight excluding hydrogens is 391 g/mol. The maximum atomic E-state index is 12.5. The second-order valence-electron chi connectivity index (χ2n) is 6.43. The lowest BCUT2D eigenvalue weighted by Gasteiger charge is -2.29. The van der Waals surface area contributed by atoms with Gasteiger partial charge < -0.3 is 5.32 Å². The van der Waals surface area contributed by atoms with E-state index in [0.29, 0.717) is 10.7 Å². The Labute approximate surface area is 164 Å². The van der Waals surface area contributed by atoms with Crippen molar-refractivity contribution in [3.63, 3.8) is 0 Å². The molecule has 28 heavy (non-hydrogen) atoms. The zero-order valence-electron chi connectivity index (χ0n) is 15.1. The number of nitrogens with zero attached hydrogens (tertiary/aromatic N) is 4. The first-order chi connectivity index (χ1) is 13.3. The molecule has 6 nitrogen and oxygen atoms in total. The summed E-state index contributed by atoms with van der Waals surface area (Å²) in [5, 5.41) is 3.27. The van der Waals surface area contributed by atoms with Gasteiger partial charge in [-0.15, -0.1) is 11.3 Å². The molecule has 1 aliphatic heterocycles. The Balaban J connectivity index is 1.49. The van der Waals surface area contributed by atoms with Crippen LogP contribution < -0.4 is 5.32 Å². The number of thiazole rings is 1. The van der Waals surface area contributed by atoms with E-state index in [4.69, 9.17) is 0 Å². The predicted octanol–water partition coefficient (Wildman–Crippen LogP) is 3.17. The first-order valence-electron chi connectivity index (χ1n) is 8.65. The molecule has 0 radical (unpaired) electrons. The summed E-state index contributed by atoms with van der Waals surface area (Å²) < 4.78 is 37.4. The van der Waals surface area contributed by atoms with Crippen LogP contribution in [0.25, 0.3) is 0 Å². The number of likely N-dealkylation sites (tertiary alicyclic amines) is 1. The van der Waals surface area contributed by atoms with Crippen molar-refractivity contribution in [2.24, 2.45) is 5.92 Å². The molecule has 1 amide bonds. The van der Waals surface area contributed by atoms with Crippen molar-refractivity contribution in [2.45, 2.75) is 32.5 Å². The Kier molecular flexibility index (Phi) is 6.26. The Hall–Kier alpha value is -2.51. The van der Waals surface area contributed by atoms with E-state index in [-0.39, 0.29) is 11.8 Å². The molecule has 0 spiro atoms. The Morgan fingerprint density at radius 2 is 1.93 bits per heavy atom. The van der Waals surface area contributed by atoms with Gasteiger partial charge in [0.1, 0.15) is 0 Å². The van der Waals surface area contributed by atoms with Crippen LogP contribution in [0.2, 0.25) is 0 Å². The summed E-state index contributed by atoms with van der Waals surface area (Å²) >= 11 is 1.46. The molecule has 3 rings (SSSR count). The van der Waals surface area contributed by atoms with E-state index in [0.717, 1.165) is 49.7 Å². The van der Waals surface area contributed by atoms with Crippen LogP contribution in [0.5, 0.6) is 0 Å². The number of hydrogen-bond acceptors (Lipinski definition) is 6. The molecule has 2 aromatic rings. The van der Waals surface area contributed by atoms with Crippen molar-refractivity contribution in [1.82, 2.24) is 19.9 Å². The van der Waals surface area contributed by atoms with Crippen molar-refractivity contribution in [3.8, 4) is 11.8 Å². The monoisotopic (exact) mass is 409 g/mol. The average Bonchev–Trinajstić information content (AvgIpc) is 3.07. The largest absolute Gasteiger partial charge is 0.451 e. The number of piperidine rings is 1. The zero-order chi connectivity index (χ0) is 20.1. The van der Waals surface area contributed by atoms with Crippen LogP contribution in [0, 0.1) is 17.8 Å². The third kappa shape index (κ3) is 5.74. The van der Waals surface area contributed by atoms with Gasteiger partial charge in [0.05, 0.1) is 5.56 Å². The quantitative estimate of drug-likeness (QED) is 0.789. The predicted molar refractivity (Wildman–Crippen MR) is 98.3 cm³/mol. The Bertz CT molecular complexity index is 877. The summed E-state index contributed by atoms with van der Waals surface area (Å²) in [5.74, 6) is 4.87. The Morgan fingerprint density at radius 3 is 2.54 bits per heavy atom. The molecule has 1 aliphatic rings. The smallest absolute Gasteiger partial charge is 0.302 e. The summed E-state index contributed by atoms with van der Waals surface area (Å²) in [6.07, 6.45) is 1.20. The molecule has 3 heterocycles. The molecular formula is C18H18F3N5OS. The number of anilines is 1. The number of alkyl halides is 3. The van der Waals surface area contributed by atoms with Gasteiger partial charge in [-0.3, -0.25) is 9.69 Å². The summed E-state index contributed by atoms with van der Waals surface area (Å²) in [5.41, 5.74) is 0.380. The van der Waals surface area contributed by atoms with Crippen molar-refractivity contribution < 1.29 is 18.0 Å². The Morgan fingerprint density at radius 1 is 1.25 bits per heavy atom. The molecule has 0 bridgehead atoms. The number of hydrogen-bond donors (Lipinski definition) is 1. The number of halogens is 3. The van der Waals surface area contributed by atoms with Gasteiger partial charge in [-0.25, -0.2) is 15.0 Å². The summed E-state index contributed by atoms with van der Waals surface area (Å²) in [6.45, 7) is 3.96. The number of rotatable bonds is 3. The topological polar surface area (TPSA) is 71.0 Å². The number of carbonyl (C=O) groups is 1. The lowest BCUT2D eigenvalue weighted by molar-refractivity contribution is -0.145. The highest BCUT2D eigenvalue weighted by Gasteiger charge is 2.34. The molecule has 0 unspecified atom stereocenters. The van der Waals surface area contributed by atoms with Crippen LogP contribution >= 0.6 is 11.3 Å². The summed E-state index contributed by atoms with van der Waals surface area (Å²) in [6, 6.07) is 0. The van der Waals surface area contributed by atoms with Gasteiger partial charge in [0.2, 0.25) is 11.7 Å². The zero-order valence-corrected chi connectivity index (χ0v) is 15.9. The highest BCUT2D eigenvalue weighted by atomic mass is 32.1. The number of aromatic nitrogens is 3. The molecule has 0 saturated carbocycles. The van der Waals surface area contributed by atoms with Crippen LogP contribution in [0.15, 0.2) is 18.6 Å². The van der Waals surface area contributed by atoms with Crippen LogP contribution in [-0.2, 0) is 17.5 Å². The van der Waals surface area contributed by atoms with E-state index in [1.807, 2.05) is 0 Å². The standard InChI is InChI=1S/C18H18F3N5OS/c1-12(27)25-17-24-10-15(28-17)11-26-6-4-13(5-7-26)2-3-14-8-22-16(23-9-14)18(19,20)21/h8-10,13H,4-7,11H2,1H3,(H,24,25,27). The second kappa shape index (κ2) is 8.67. The summed E-state index contributed by atoms with van der Waals surface area (Å²) in [7, 11) is 0. The van der Waals surface area contributed by atoms with Gasteiger partial charge in [-0.05, 0) is 25.9 Å². The van der Waals surface area contributed by atoms with Gasteiger partial charge in [-0.1, -0.05) is 11.8 Å². The number of nitrogens with one attached hydrogen (secondary N) is 1. The lowest BCUT2D eigenvalue weighted by atomic mass is 9.97. The van der Waals surface area contributed by atoms with E-state index in [2.05, 4.69) is 37.0 Å². The lowest BCUT2D eigenvalue weighted by Crippen LogP contribution is -2.32. The minimum Gasteiger partial charge on any atom is -0.302 e. The first kappa shape index (κ1) is 20.2. The van der Waals surface area contributed by atoms with Crippen molar-refractivity contribution in [1.29, 1.82) is 0 Å². The molecule has 0 atom stereocenters. The van der Waals surface area contributed by atoms with Gasteiger partial charge >= 0.3 is 6.18 Å². The minimum atomic E-state index is -4.54. The highest BCUT2D eigenvalue weighted by Crippen LogP contribution is 2.25. The molecule has 148 valence electrons. The van der Waals surface area contributed by atoms with Gasteiger partial charge in [0, 0.05) is 42.9 Å². The van der Waals surface area contributed by atoms with Gasteiger partial charge in [0.25, 0.3) is 0 Å². The highest BCUT2D eigenvalue weighted by molar-refractivity contribution is 7.15. The summed E-state index contributed by atoms with van der Waals surface area (Å²) in [4.78, 5) is 25.2. The fourth-order valence-corrected chi connectivity index (χ4v) is 3.67. The van der Waals surface area contributed by atoms with Crippen LogP contribution in [0.1, 0.15) is 36.0 Å². The van der Waals surface area contributed by atoms with E-state index < -0.39 is 12.0 Å². The fraction of sp³-hybridized carbons (Fsp3) is 0.444. The fourth-order valence-electron chi connectivity index (χ4n) is 2.77. The maximum Gasteiger partial charge on any atom is 0.451 e. The maximum absolute atomic E-state index is 12.5. The van der Waals surface area contributed by atoms with E-state index in [9.17, 15) is 18.0 Å². The molecule has 1 saturated heterocycles. The van der Waals surface area contributed by atoms with E-state index >= 15 is 0 Å². The number of carbonyl (C=O) groups excluding carboxylic acids is 1. The SMILES string of the molecule is CC(=O)Nc1ncc(CN2CCC(C#Cc3cnc(C(F)(F)F)nc3)CC2)s1. The van der Waals surface area contributed by atoms with E-state index in [1.165, 1.54) is 18.3 Å². The van der Waals surface area contributed by atoms with Crippen LogP contribution in [0.4, 0.5) is 18.3 Å². The molecule has 0 aliphatic carbocycles. The third-order valence-electron chi connectivity index (χ3n) is 4.13. The molecule has 1 N–H and O–H groups in total.